The Morgan fingerprint density at radius 1 is 1.28 bits per heavy atom. The van der Waals surface area contributed by atoms with Crippen LogP contribution in [0.15, 0.2) is 18.2 Å². The molecule has 7 nitrogen and oxygen atoms in total. The van der Waals surface area contributed by atoms with E-state index in [0.29, 0.717) is 25.9 Å². The second-order valence-corrected chi connectivity index (χ2v) is 6.99. The Morgan fingerprint density at radius 2 is 1.90 bits per heavy atom. The highest BCUT2D eigenvalue weighted by atomic mass is 19.4. The van der Waals surface area contributed by atoms with E-state index in [1.807, 2.05) is 0 Å². The first-order valence-electron chi connectivity index (χ1n) is 9.06. The molecule has 0 radical (unpaired) electrons. The molecular formula is C18H23F4N3O4. The van der Waals surface area contributed by atoms with Crippen molar-refractivity contribution in [3.05, 3.63) is 24.0 Å². The third-order valence-electron chi connectivity index (χ3n) is 4.68. The maximum absolute atomic E-state index is 13.7. The maximum atomic E-state index is 13.7. The van der Waals surface area contributed by atoms with Gasteiger partial charge in [0.05, 0.1) is 0 Å². The summed E-state index contributed by atoms with van der Waals surface area (Å²) in [5.74, 6) is -2.63. The molecule has 11 heteroatoms. The van der Waals surface area contributed by atoms with Gasteiger partial charge < -0.3 is 25.4 Å². The van der Waals surface area contributed by atoms with Crippen LogP contribution in [-0.4, -0.2) is 53.0 Å². The molecule has 3 N–H and O–H groups in total. The number of carbonyl (C=O) groups excluding carboxylic acids is 2. The zero-order chi connectivity index (χ0) is 21.8. The summed E-state index contributed by atoms with van der Waals surface area (Å²) in [5, 5.41) is 15.1. The van der Waals surface area contributed by atoms with Gasteiger partial charge in [-0.15, -0.1) is 13.2 Å². The van der Waals surface area contributed by atoms with Crippen molar-refractivity contribution in [3.63, 3.8) is 0 Å². The van der Waals surface area contributed by atoms with Gasteiger partial charge in [0.25, 0.3) is 5.91 Å². The van der Waals surface area contributed by atoms with Crippen LogP contribution in [0.4, 0.5) is 28.0 Å². The molecule has 1 aromatic rings. The van der Waals surface area contributed by atoms with Crippen molar-refractivity contribution in [2.24, 2.45) is 0 Å². The number of anilines is 1. The largest absolute Gasteiger partial charge is 0.573 e. The van der Waals surface area contributed by atoms with Gasteiger partial charge in [0, 0.05) is 30.9 Å². The molecule has 1 saturated heterocycles. The number of benzene rings is 1. The molecule has 0 bridgehead atoms. The molecule has 29 heavy (non-hydrogen) atoms. The number of rotatable bonds is 5. The fourth-order valence-corrected chi connectivity index (χ4v) is 2.86. The summed E-state index contributed by atoms with van der Waals surface area (Å²) < 4.78 is 53.6. The van der Waals surface area contributed by atoms with Crippen LogP contribution in [0.2, 0.25) is 0 Å². The van der Waals surface area contributed by atoms with Crippen molar-refractivity contribution >= 4 is 17.6 Å². The second-order valence-electron chi connectivity index (χ2n) is 6.99. The number of carbonyl (C=O) groups is 2. The fourth-order valence-electron chi connectivity index (χ4n) is 2.86. The van der Waals surface area contributed by atoms with Gasteiger partial charge in [-0.05, 0) is 38.3 Å². The normalized spacial score (nSPS) is 17.4. The number of hydrogen-bond acceptors (Lipinski definition) is 4. The van der Waals surface area contributed by atoms with Crippen LogP contribution in [0.25, 0.3) is 0 Å². The predicted molar refractivity (Wildman–Crippen MR) is 95.8 cm³/mol. The molecule has 0 unspecified atom stereocenters. The fraction of sp³-hybridized carbons (Fsp3) is 0.556. The van der Waals surface area contributed by atoms with E-state index in [9.17, 15) is 32.3 Å². The van der Waals surface area contributed by atoms with E-state index in [1.165, 1.54) is 11.8 Å². The molecular weight excluding hydrogens is 398 g/mol. The van der Waals surface area contributed by atoms with E-state index in [1.54, 1.807) is 6.92 Å². The summed E-state index contributed by atoms with van der Waals surface area (Å²) in [4.78, 5) is 25.8. The number of alkyl halides is 3. The van der Waals surface area contributed by atoms with Crippen LogP contribution in [0.5, 0.6) is 5.75 Å². The molecule has 1 aliphatic heterocycles. The number of ether oxygens (including phenoxy) is 1. The monoisotopic (exact) mass is 421 g/mol. The average molecular weight is 421 g/mol. The number of hydrogen-bond donors (Lipinski definition) is 3. The van der Waals surface area contributed by atoms with Gasteiger partial charge in [-0.3, -0.25) is 4.79 Å². The molecule has 3 amide bonds. The molecule has 0 saturated carbocycles. The van der Waals surface area contributed by atoms with E-state index in [-0.39, 0.29) is 24.1 Å². The zero-order valence-electron chi connectivity index (χ0n) is 16.0. The lowest BCUT2D eigenvalue weighted by atomic mass is 9.98. The first-order chi connectivity index (χ1) is 13.4. The highest BCUT2D eigenvalue weighted by molar-refractivity contribution is 5.89. The average Bonchev–Trinajstić information content (AvgIpc) is 2.63. The van der Waals surface area contributed by atoms with Gasteiger partial charge >= 0.3 is 12.4 Å². The van der Waals surface area contributed by atoms with Gasteiger partial charge in [0.15, 0.2) is 11.6 Å². The summed E-state index contributed by atoms with van der Waals surface area (Å²) in [6.07, 6.45) is -3.80. The number of amides is 3. The van der Waals surface area contributed by atoms with Crippen molar-refractivity contribution in [1.29, 1.82) is 0 Å². The number of aliphatic hydroxyl groups is 1. The van der Waals surface area contributed by atoms with Crippen LogP contribution in [-0.2, 0) is 4.79 Å². The summed E-state index contributed by atoms with van der Waals surface area (Å²) in [6.45, 7) is 3.88. The van der Waals surface area contributed by atoms with E-state index in [4.69, 9.17) is 0 Å². The number of halogens is 4. The molecule has 162 valence electrons. The minimum Gasteiger partial charge on any atom is -0.403 e. The first-order valence-corrected chi connectivity index (χ1v) is 9.06. The van der Waals surface area contributed by atoms with Crippen LogP contribution in [0.1, 0.15) is 33.1 Å². The van der Waals surface area contributed by atoms with Gasteiger partial charge in [-0.2, -0.15) is 0 Å². The third kappa shape index (κ3) is 6.48. The van der Waals surface area contributed by atoms with Crippen LogP contribution < -0.4 is 15.4 Å². The Kier molecular flexibility index (Phi) is 6.93. The van der Waals surface area contributed by atoms with Crippen LogP contribution in [0, 0.1) is 5.82 Å². The summed E-state index contributed by atoms with van der Waals surface area (Å²) >= 11 is 0. The smallest absolute Gasteiger partial charge is 0.403 e. The highest BCUT2D eigenvalue weighted by Gasteiger charge is 2.35. The van der Waals surface area contributed by atoms with Crippen molar-refractivity contribution in [2.45, 2.75) is 51.1 Å². The molecule has 0 spiro atoms. The zero-order valence-corrected chi connectivity index (χ0v) is 16.0. The lowest BCUT2D eigenvalue weighted by molar-refractivity contribution is -0.275. The number of piperidine rings is 1. The molecule has 0 aliphatic carbocycles. The number of urea groups is 1. The molecule has 1 heterocycles. The number of nitrogens with zero attached hydrogens (tertiary/aromatic N) is 1. The number of nitrogens with one attached hydrogen (secondary N) is 2. The minimum absolute atomic E-state index is 0.0406. The SMILES string of the molecule is CC[C@](C)(O)C(=O)N1CCC(NC(=O)Nc2ccc(OC(F)(F)F)c(F)c2)CC1. The third-order valence-corrected chi connectivity index (χ3v) is 4.68. The lowest BCUT2D eigenvalue weighted by Gasteiger charge is -2.36. The van der Waals surface area contributed by atoms with Gasteiger partial charge in [-0.25, -0.2) is 9.18 Å². The Hall–Kier alpha value is -2.56. The minimum atomic E-state index is -5.02. The Balaban J connectivity index is 1.85. The highest BCUT2D eigenvalue weighted by Crippen LogP contribution is 2.27. The molecule has 2 rings (SSSR count). The van der Waals surface area contributed by atoms with Crippen molar-refractivity contribution < 1.29 is 37.0 Å². The Labute approximate surface area is 165 Å². The van der Waals surface area contributed by atoms with Crippen molar-refractivity contribution in [2.75, 3.05) is 18.4 Å². The van der Waals surface area contributed by atoms with Gasteiger partial charge in [-0.1, -0.05) is 6.92 Å². The topological polar surface area (TPSA) is 90.9 Å². The van der Waals surface area contributed by atoms with Gasteiger partial charge in [0.2, 0.25) is 0 Å². The summed E-state index contributed by atoms with van der Waals surface area (Å²) in [7, 11) is 0. The standard InChI is InChI=1S/C18H23F4N3O4/c1-3-17(2,28)15(26)25-8-6-11(7-9-25)23-16(27)24-12-4-5-14(13(19)10-12)29-18(20,21)22/h4-5,10-11,28H,3,6-9H2,1-2H3,(H2,23,24,27)/t17-/m0/s1. The Morgan fingerprint density at radius 3 is 2.41 bits per heavy atom. The van der Waals surface area contributed by atoms with Gasteiger partial charge in [0.1, 0.15) is 5.60 Å². The van der Waals surface area contributed by atoms with E-state index < -0.39 is 29.6 Å². The molecule has 1 aliphatic rings. The van der Waals surface area contributed by atoms with Crippen LogP contribution >= 0.6 is 0 Å². The summed E-state index contributed by atoms with van der Waals surface area (Å²) in [6, 6.07) is 1.66. The molecule has 1 aromatic carbocycles. The Bertz CT molecular complexity index is 747. The molecule has 1 fully saturated rings. The molecule has 0 aromatic heterocycles. The lowest BCUT2D eigenvalue weighted by Crippen LogP contribution is -2.53. The van der Waals surface area contributed by atoms with Crippen molar-refractivity contribution in [3.8, 4) is 5.75 Å². The maximum Gasteiger partial charge on any atom is 0.573 e. The van der Waals surface area contributed by atoms with E-state index in [0.717, 1.165) is 18.2 Å². The van der Waals surface area contributed by atoms with Crippen molar-refractivity contribution in [1.82, 2.24) is 10.2 Å². The first kappa shape index (κ1) is 22.7. The van der Waals surface area contributed by atoms with E-state index >= 15 is 0 Å². The van der Waals surface area contributed by atoms with E-state index in [2.05, 4.69) is 15.4 Å². The predicted octanol–water partition coefficient (Wildman–Crippen LogP) is 3.00. The summed E-state index contributed by atoms with van der Waals surface area (Å²) in [5.41, 5.74) is -1.47. The quantitative estimate of drug-likeness (QED) is 0.638. The number of likely N-dealkylation sites (tertiary alicyclic amines) is 1. The van der Waals surface area contributed by atoms with Crippen LogP contribution in [0.3, 0.4) is 0 Å². The molecule has 1 atom stereocenters. The second kappa shape index (κ2) is 8.85.